The van der Waals surface area contributed by atoms with Crippen LogP contribution < -0.4 is 0 Å². The highest BCUT2D eigenvalue weighted by atomic mass is 16.7. The topological polar surface area (TPSA) is 129 Å². The molecule has 234 valence electrons. The molecule has 1 unspecified atom stereocenters. The van der Waals surface area contributed by atoms with E-state index in [9.17, 15) is 25.5 Å². The highest BCUT2D eigenvalue weighted by molar-refractivity contribution is 4.88. The quantitative estimate of drug-likeness (QED) is 0.0885. The van der Waals surface area contributed by atoms with Crippen LogP contribution >= 0.6 is 0 Å². The largest absolute Gasteiger partial charge is 0.394 e. The Balaban J connectivity index is 1.80. The lowest BCUT2D eigenvalue weighted by Crippen LogP contribution is -2.59. The lowest BCUT2D eigenvalue weighted by molar-refractivity contribution is -0.305. The number of aliphatic hydroxyl groups is 5. The zero-order chi connectivity index (χ0) is 28.6. The molecule has 6 atom stereocenters. The van der Waals surface area contributed by atoms with Crippen molar-refractivity contribution in [3.8, 4) is 0 Å². The standard InChI is InChI=1S/C31H62O8/c1-2-3-4-5-6-7-8-9-10-11-12-13-14-15-16-17-18-19-20-21-22-37-24-26(33)25-38-31-30(36)29(35)28(34)27(23-32)39-31/h26-36H,2-25H2,1H3/t26?,27-,28+,29+,30-,31+/m1/s1. The van der Waals surface area contributed by atoms with E-state index < -0.39 is 43.4 Å². The van der Waals surface area contributed by atoms with E-state index in [0.717, 1.165) is 12.8 Å². The Morgan fingerprint density at radius 3 is 1.46 bits per heavy atom. The average Bonchev–Trinajstić information content (AvgIpc) is 2.94. The Kier molecular flexibility index (Phi) is 23.9. The van der Waals surface area contributed by atoms with E-state index in [1.807, 2.05) is 0 Å². The molecule has 8 heteroatoms. The predicted octanol–water partition coefficient (Wildman–Crippen LogP) is 5.00. The number of aliphatic hydroxyl groups excluding tert-OH is 5. The van der Waals surface area contributed by atoms with Gasteiger partial charge in [0.15, 0.2) is 6.29 Å². The van der Waals surface area contributed by atoms with E-state index in [1.165, 1.54) is 116 Å². The van der Waals surface area contributed by atoms with E-state index in [4.69, 9.17) is 14.2 Å². The Labute approximate surface area is 238 Å². The van der Waals surface area contributed by atoms with Gasteiger partial charge in [-0.05, 0) is 6.42 Å². The Bertz CT molecular complexity index is 521. The molecule has 39 heavy (non-hydrogen) atoms. The third-order valence-electron chi connectivity index (χ3n) is 7.75. The Morgan fingerprint density at radius 2 is 1.03 bits per heavy atom. The Hall–Kier alpha value is -0.320. The summed E-state index contributed by atoms with van der Waals surface area (Å²) in [6.07, 6.45) is 19.4. The molecule has 0 spiro atoms. The molecule has 0 saturated carbocycles. The molecule has 0 aliphatic carbocycles. The molecule has 1 aliphatic rings. The fourth-order valence-electron chi connectivity index (χ4n) is 5.14. The van der Waals surface area contributed by atoms with Gasteiger partial charge in [-0.2, -0.15) is 0 Å². The first-order chi connectivity index (χ1) is 19.0. The van der Waals surface area contributed by atoms with Gasteiger partial charge in [-0.25, -0.2) is 0 Å². The van der Waals surface area contributed by atoms with Crippen LogP contribution in [0.15, 0.2) is 0 Å². The zero-order valence-electron chi connectivity index (χ0n) is 24.9. The second-order valence-corrected chi connectivity index (χ2v) is 11.5. The van der Waals surface area contributed by atoms with Gasteiger partial charge in [0.2, 0.25) is 0 Å². The van der Waals surface area contributed by atoms with Crippen molar-refractivity contribution in [2.75, 3.05) is 26.4 Å². The second kappa shape index (κ2) is 25.4. The average molecular weight is 563 g/mol. The lowest BCUT2D eigenvalue weighted by atomic mass is 9.99. The molecule has 1 fully saturated rings. The normalized spacial score (nSPS) is 24.3. The van der Waals surface area contributed by atoms with Crippen molar-refractivity contribution in [1.29, 1.82) is 0 Å². The van der Waals surface area contributed by atoms with Gasteiger partial charge in [-0.1, -0.05) is 129 Å². The van der Waals surface area contributed by atoms with E-state index in [0.29, 0.717) is 6.61 Å². The first kappa shape index (κ1) is 36.7. The molecule has 8 nitrogen and oxygen atoms in total. The molecule has 1 aliphatic heterocycles. The summed E-state index contributed by atoms with van der Waals surface area (Å²) in [5.74, 6) is 0. The minimum atomic E-state index is -1.49. The number of ether oxygens (including phenoxy) is 3. The fraction of sp³-hybridized carbons (Fsp3) is 1.00. The summed E-state index contributed by atoms with van der Waals surface area (Å²) in [7, 11) is 0. The van der Waals surface area contributed by atoms with Crippen LogP contribution in [0.1, 0.15) is 135 Å². The van der Waals surface area contributed by atoms with Gasteiger partial charge in [-0.3, -0.25) is 0 Å². The molecular weight excluding hydrogens is 500 g/mol. The molecule has 1 saturated heterocycles. The summed E-state index contributed by atoms with van der Waals surface area (Å²) in [6.45, 7) is 2.30. The maximum atomic E-state index is 10.0. The summed E-state index contributed by atoms with van der Waals surface area (Å²) in [5, 5.41) is 48.7. The summed E-state index contributed by atoms with van der Waals surface area (Å²) >= 11 is 0. The number of unbranched alkanes of at least 4 members (excludes halogenated alkanes) is 19. The highest BCUT2D eigenvalue weighted by Crippen LogP contribution is 2.22. The minimum absolute atomic E-state index is 0.108. The molecule has 1 heterocycles. The van der Waals surface area contributed by atoms with Crippen LogP contribution in [-0.2, 0) is 14.2 Å². The lowest BCUT2D eigenvalue weighted by Gasteiger charge is -2.39. The van der Waals surface area contributed by atoms with Crippen LogP contribution in [0, 0.1) is 0 Å². The summed E-state index contributed by atoms with van der Waals surface area (Å²) in [6, 6.07) is 0. The first-order valence-electron chi connectivity index (χ1n) is 16.2. The van der Waals surface area contributed by atoms with Crippen molar-refractivity contribution in [3.63, 3.8) is 0 Å². The van der Waals surface area contributed by atoms with Gasteiger partial charge in [0.05, 0.1) is 19.8 Å². The third kappa shape index (κ3) is 18.7. The summed E-state index contributed by atoms with van der Waals surface area (Å²) in [5.41, 5.74) is 0. The summed E-state index contributed by atoms with van der Waals surface area (Å²) < 4.78 is 16.1. The van der Waals surface area contributed by atoms with E-state index in [2.05, 4.69) is 6.92 Å². The van der Waals surface area contributed by atoms with E-state index in [1.54, 1.807) is 0 Å². The van der Waals surface area contributed by atoms with E-state index >= 15 is 0 Å². The van der Waals surface area contributed by atoms with Crippen molar-refractivity contribution < 1.29 is 39.7 Å². The van der Waals surface area contributed by atoms with Crippen molar-refractivity contribution >= 4 is 0 Å². The van der Waals surface area contributed by atoms with Crippen LogP contribution in [0.4, 0.5) is 0 Å². The molecule has 0 amide bonds. The molecule has 0 radical (unpaired) electrons. The predicted molar refractivity (Wildman–Crippen MR) is 155 cm³/mol. The molecule has 0 aromatic heterocycles. The summed E-state index contributed by atoms with van der Waals surface area (Å²) in [4.78, 5) is 0. The zero-order valence-corrected chi connectivity index (χ0v) is 24.9. The third-order valence-corrected chi connectivity index (χ3v) is 7.75. The number of hydrogen-bond donors (Lipinski definition) is 5. The van der Waals surface area contributed by atoms with Gasteiger partial charge in [0.25, 0.3) is 0 Å². The molecule has 0 aromatic carbocycles. The molecular formula is C31H62O8. The number of hydrogen-bond acceptors (Lipinski definition) is 8. The highest BCUT2D eigenvalue weighted by Gasteiger charge is 2.44. The van der Waals surface area contributed by atoms with Gasteiger partial charge < -0.3 is 39.7 Å². The van der Waals surface area contributed by atoms with Gasteiger partial charge in [0, 0.05) is 6.61 Å². The first-order valence-corrected chi connectivity index (χ1v) is 16.2. The van der Waals surface area contributed by atoms with Crippen molar-refractivity contribution in [3.05, 3.63) is 0 Å². The molecule has 1 rings (SSSR count). The van der Waals surface area contributed by atoms with Crippen LogP contribution in [0.25, 0.3) is 0 Å². The van der Waals surface area contributed by atoms with Crippen LogP contribution in [-0.4, -0.2) is 88.8 Å². The van der Waals surface area contributed by atoms with Gasteiger partial charge in [0.1, 0.15) is 30.5 Å². The SMILES string of the molecule is CCCCCCCCCCCCCCCCCCCCCCOCC(O)CO[C@H]1O[C@H](CO)[C@H](O)[C@H](O)[C@H]1O. The molecule has 0 bridgehead atoms. The van der Waals surface area contributed by atoms with Crippen molar-refractivity contribution in [1.82, 2.24) is 0 Å². The van der Waals surface area contributed by atoms with Gasteiger partial charge in [-0.15, -0.1) is 0 Å². The van der Waals surface area contributed by atoms with E-state index in [-0.39, 0.29) is 13.2 Å². The monoisotopic (exact) mass is 562 g/mol. The van der Waals surface area contributed by atoms with Crippen LogP contribution in [0.2, 0.25) is 0 Å². The van der Waals surface area contributed by atoms with Crippen molar-refractivity contribution in [2.45, 2.75) is 172 Å². The van der Waals surface area contributed by atoms with Crippen molar-refractivity contribution in [2.24, 2.45) is 0 Å². The minimum Gasteiger partial charge on any atom is -0.394 e. The van der Waals surface area contributed by atoms with Crippen LogP contribution in [0.5, 0.6) is 0 Å². The molecule has 0 aromatic rings. The van der Waals surface area contributed by atoms with Gasteiger partial charge >= 0.3 is 0 Å². The smallest absolute Gasteiger partial charge is 0.186 e. The van der Waals surface area contributed by atoms with Crippen LogP contribution in [0.3, 0.4) is 0 Å². The maximum Gasteiger partial charge on any atom is 0.186 e. The fourth-order valence-corrected chi connectivity index (χ4v) is 5.14. The second-order valence-electron chi connectivity index (χ2n) is 11.5. The molecule has 5 N–H and O–H groups in total. The maximum absolute atomic E-state index is 10.0. The Morgan fingerprint density at radius 1 is 0.590 bits per heavy atom. The number of rotatable bonds is 27.